The number of amides is 3. The summed E-state index contributed by atoms with van der Waals surface area (Å²) in [6.45, 7) is 1.97. The van der Waals surface area contributed by atoms with Crippen LogP contribution in [0.2, 0.25) is 0 Å². The van der Waals surface area contributed by atoms with Crippen LogP contribution >= 0.6 is 27.7 Å². The van der Waals surface area contributed by atoms with E-state index in [9.17, 15) is 14.4 Å². The Bertz CT molecular complexity index is 537. The Morgan fingerprint density at radius 3 is 2.62 bits per heavy atom. The number of benzene rings is 1. The number of thioether (sulfide) groups is 1. The molecular weight excluding hydrogens is 358 g/mol. The van der Waals surface area contributed by atoms with Crippen LogP contribution in [0, 0.1) is 0 Å². The van der Waals surface area contributed by atoms with Crippen LogP contribution in [0.1, 0.15) is 17.3 Å². The summed E-state index contributed by atoms with van der Waals surface area (Å²) in [6.07, 6.45) is 0. The molecule has 0 heterocycles. The van der Waals surface area contributed by atoms with Gasteiger partial charge >= 0.3 is 0 Å². The zero-order valence-corrected chi connectivity index (χ0v) is 13.8. The van der Waals surface area contributed by atoms with Gasteiger partial charge in [-0.05, 0) is 30.8 Å². The SMILES string of the molecule is C[C@@H](N)C(=O)NC(=O)c1ccccc1SC(=O)NCCBr. The maximum atomic E-state index is 12.0. The third-order valence-electron chi connectivity index (χ3n) is 2.35. The smallest absolute Gasteiger partial charge is 0.283 e. The summed E-state index contributed by atoms with van der Waals surface area (Å²) in [5.41, 5.74) is 5.65. The monoisotopic (exact) mass is 373 g/mol. The highest BCUT2D eigenvalue weighted by Gasteiger charge is 2.17. The molecule has 1 rings (SSSR count). The quantitative estimate of drug-likeness (QED) is 0.536. The molecule has 0 saturated heterocycles. The molecule has 0 unspecified atom stereocenters. The van der Waals surface area contributed by atoms with E-state index in [2.05, 4.69) is 26.6 Å². The number of hydrogen-bond donors (Lipinski definition) is 3. The van der Waals surface area contributed by atoms with Crippen molar-refractivity contribution in [3.05, 3.63) is 29.8 Å². The first kappa shape index (κ1) is 17.7. The molecule has 8 heteroatoms. The van der Waals surface area contributed by atoms with Crippen LogP contribution in [0.5, 0.6) is 0 Å². The molecule has 4 N–H and O–H groups in total. The first-order chi connectivity index (χ1) is 9.95. The Morgan fingerprint density at radius 1 is 1.33 bits per heavy atom. The van der Waals surface area contributed by atoms with E-state index in [1.165, 1.54) is 6.92 Å². The minimum absolute atomic E-state index is 0.255. The third kappa shape index (κ3) is 5.86. The molecule has 1 aromatic carbocycles. The molecule has 6 nitrogen and oxygen atoms in total. The molecule has 114 valence electrons. The van der Waals surface area contributed by atoms with E-state index < -0.39 is 17.9 Å². The second-order valence-corrected chi connectivity index (χ2v) is 5.92. The summed E-state index contributed by atoms with van der Waals surface area (Å²) in [4.78, 5) is 35.6. The predicted molar refractivity (Wildman–Crippen MR) is 85.6 cm³/mol. The molecule has 0 spiro atoms. The molecule has 0 aliphatic rings. The lowest BCUT2D eigenvalue weighted by molar-refractivity contribution is -0.121. The number of alkyl halides is 1. The van der Waals surface area contributed by atoms with Gasteiger partial charge in [0.1, 0.15) is 0 Å². The topological polar surface area (TPSA) is 101 Å². The van der Waals surface area contributed by atoms with E-state index >= 15 is 0 Å². The van der Waals surface area contributed by atoms with Crippen LogP contribution in [-0.4, -0.2) is 35.0 Å². The first-order valence-electron chi connectivity index (χ1n) is 6.17. The Hall–Kier alpha value is -1.38. The van der Waals surface area contributed by atoms with Gasteiger partial charge in [-0.25, -0.2) is 0 Å². The molecule has 0 radical (unpaired) electrons. The zero-order chi connectivity index (χ0) is 15.8. The minimum atomic E-state index is -0.781. The van der Waals surface area contributed by atoms with Crippen LogP contribution in [0.4, 0.5) is 4.79 Å². The normalized spacial score (nSPS) is 11.6. The van der Waals surface area contributed by atoms with Gasteiger partial charge in [-0.3, -0.25) is 19.7 Å². The molecule has 1 atom stereocenters. The van der Waals surface area contributed by atoms with Crippen molar-refractivity contribution >= 4 is 44.7 Å². The van der Waals surface area contributed by atoms with Gasteiger partial charge in [-0.15, -0.1) is 0 Å². The van der Waals surface area contributed by atoms with E-state index in [0.29, 0.717) is 16.8 Å². The fourth-order valence-electron chi connectivity index (χ4n) is 1.32. The summed E-state index contributed by atoms with van der Waals surface area (Å²) < 4.78 is 0. The largest absolute Gasteiger partial charge is 0.346 e. The van der Waals surface area contributed by atoms with Crippen LogP contribution in [0.3, 0.4) is 0 Å². The average molecular weight is 374 g/mol. The number of nitrogens with one attached hydrogen (secondary N) is 2. The standard InChI is InChI=1S/C13H16BrN3O3S/c1-8(15)11(18)17-12(19)9-4-2-3-5-10(9)21-13(20)16-7-6-14/h2-5,8H,6-7,15H2,1H3,(H,16,20)(H,17,18,19)/t8-/m1/s1. The number of imide groups is 1. The van der Waals surface area contributed by atoms with E-state index in [0.717, 1.165) is 11.8 Å². The minimum Gasteiger partial charge on any atom is -0.346 e. The van der Waals surface area contributed by atoms with Crippen LogP contribution in [0.25, 0.3) is 0 Å². The highest BCUT2D eigenvalue weighted by atomic mass is 79.9. The summed E-state index contributed by atoms with van der Waals surface area (Å²) in [7, 11) is 0. The zero-order valence-electron chi connectivity index (χ0n) is 11.4. The van der Waals surface area contributed by atoms with Crippen molar-refractivity contribution in [3.8, 4) is 0 Å². The number of rotatable bonds is 5. The molecule has 0 saturated carbocycles. The van der Waals surface area contributed by atoms with E-state index in [4.69, 9.17) is 5.73 Å². The van der Waals surface area contributed by atoms with Gasteiger partial charge < -0.3 is 11.1 Å². The number of nitrogens with two attached hydrogens (primary N) is 1. The van der Waals surface area contributed by atoms with Gasteiger partial charge in [0.25, 0.3) is 11.1 Å². The Morgan fingerprint density at radius 2 is 2.00 bits per heavy atom. The summed E-state index contributed by atoms with van der Waals surface area (Å²) in [5, 5.41) is 5.23. The summed E-state index contributed by atoms with van der Waals surface area (Å²) in [6, 6.07) is 5.78. The van der Waals surface area contributed by atoms with Crippen molar-refractivity contribution in [2.45, 2.75) is 17.9 Å². The van der Waals surface area contributed by atoms with Crippen LogP contribution < -0.4 is 16.4 Å². The second-order valence-electron chi connectivity index (χ2n) is 4.11. The van der Waals surface area contributed by atoms with Gasteiger partial charge in [-0.2, -0.15) is 0 Å². The van der Waals surface area contributed by atoms with Crippen molar-refractivity contribution < 1.29 is 14.4 Å². The fraction of sp³-hybridized carbons (Fsp3) is 0.308. The maximum absolute atomic E-state index is 12.0. The van der Waals surface area contributed by atoms with E-state index in [1.807, 2.05) is 0 Å². The maximum Gasteiger partial charge on any atom is 0.283 e. The highest BCUT2D eigenvalue weighted by molar-refractivity contribution is 9.09. The Kier molecular flexibility index (Phi) is 7.41. The van der Waals surface area contributed by atoms with Crippen molar-refractivity contribution in [2.24, 2.45) is 5.73 Å². The van der Waals surface area contributed by atoms with Gasteiger partial charge in [0, 0.05) is 16.8 Å². The third-order valence-corrected chi connectivity index (χ3v) is 3.65. The fourth-order valence-corrected chi connectivity index (χ4v) is 2.31. The molecule has 1 aromatic rings. The van der Waals surface area contributed by atoms with Gasteiger partial charge in [0.05, 0.1) is 11.6 Å². The summed E-state index contributed by atoms with van der Waals surface area (Å²) >= 11 is 4.10. The molecule has 3 amide bonds. The number of carbonyl (C=O) groups excluding carboxylic acids is 3. The number of hydrogen-bond acceptors (Lipinski definition) is 5. The molecule has 0 fully saturated rings. The van der Waals surface area contributed by atoms with Gasteiger partial charge in [0.15, 0.2) is 0 Å². The Labute approximate surface area is 135 Å². The molecular formula is C13H16BrN3O3S. The van der Waals surface area contributed by atoms with Gasteiger partial charge in [0.2, 0.25) is 5.91 Å². The highest BCUT2D eigenvalue weighted by Crippen LogP contribution is 2.23. The van der Waals surface area contributed by atoms with E-state index in [1.54, 1.807) is 24.3 Å². The molecule has 21 heavy (non-hydrogen) atoms. The molecule has 0 aliphatic carbocycles. The van der Waals surface area contributed by atoms with Crippen molar-refractivity contribution in [1.29, 1.82) is 0 Å². The van der Waals surface area contributed by atoms with Gasteiger partial charge in [-0.1, -0.05) is 28.1 Å². The second kappa shape index (κ2) is 8.81. The van der Waals surface area contributed by atoms with Crippen molar-refractivity contribution in [1.82, 2.24) is 10.6 Å². The molecule has 0 aromatic heterocycles. The first-order valence-corrected chi connectivity index (χ1v) is 8.11. The lowest BCUT2D eigenvalue weighted by Gasteiger charge is -2.10. The van der Waals surface area contributed by atoms with Crippen molar-refractivity contribution in [2.75, 3.05) is 11.9 Å². The molecule has 0 aliphatic heterocycles. The lowest BCUT2D eigenvalue weighted by Crippen LogP contribution is -2.41. The lowest BCUT2D eigenvalue weighted by atomic mass is 10.2. The average Bonchev–Trinajstić information content (AvgIpc) is 2.45. The number of carbonyl (C=O) groups is 3. The Balaban J connectivity index is 2.81. The van der Waals surface area contributed by atoms with Crippen molar-refractivity contribution in [3.63, 3.8) is 0 Å². The van der Waals surface area contributed by atoms with E-state index in [-0.39, 0.29) is 10.8 Å². The van der Waals surface area contributed by atoms with Crippen LogP contribution in [-0.2, 0) is 4.79 Å². The predicted octanol–water partition coefficient (Wildman–Crippen LogP) is 1.49. The molecule has 0 bridgehead atoms. The van der Waals surface area contributed by atoms with Crippen LogP contribution in [0.15, 0.2) is 29.2 Å². The number of halogens is 1. The summed E-state index contributed by atoms with van der Waals surface area (Å²) in [5.74, 6) is -1.14.